The number of amides is 1. The first kappa shape index (κ1) is 22.9. The van der Waals surface area contributed by atoms with Gasteiger partial charge in [-0.15, -0.1) is 0 Å². The predicted octanol–water partition coefficient (Wildman–Crippen LogP) is 2.91. The molecule has 3 aromatic carbocycles. The predicted molar refractivity (Wildman–Crippen MR) is 134 cm³/mol. The number of anilines is 2. The van der Waals surface area contributed by atoms with Crippen LogP contribution < -0.4 is 16.0 Å². The summed E-state index contributed by atoms with van der Waals surface area (Å²) in [6.07, 6.45) is 0. The third-order valence-electron chi connectivity index (χ3n) is 5.24. The molecule has 1 aliphatic rings. The molecule has 1 atom stereocenters. The summed E-state index contributed by atoms with van der Waals surface area (Å²) in [4.78, 5) is 29.8. The molecule has 0 bridgehead atoms. The van der Waals surface area contributed by atoms with Crippen molar-refractivity contribution in [2.75, 3.05) is 23.7 Å². The smallest absolute Gasteiger partial charge is 0.316 e. The summed E-state index contributed by atoms with van der Waals surface area (Å²) in [7, 11) is 0. The number of para-hydroxylation sites is 1. The summed E-state index contributed by atoms with van der Waals surface area (Å²) < 4.78 is 12.0. The summed E-state index contributed by atoms with van der Waals surface area (Å²) in [5, 5.41) is 19.1. The summed E-state index contributed by atoms with van der Waals surface area (Å²) in [5.74, 6) is -2.18. The number of nitrogens with zero attached hydrogens (tertiary/aromatic N) is 1. The molecule has 172 valence electrons. The minimum Gasteiger partial charge on any atom is -0.481 e. The van der Waals surface area contributed by atoms with Crippen molar-refractivity contribution < 1.29 is 18.9 Å². The lowest BCUT2D eigenvalue weighted by Crippen LogP contribution is -2.26. The Morgan fingerprint density at radius 2 is 1.71 bits per heavy atom. The number of carbonyl (C=O) groups is 2. The van der Waals surface area contributed by atoms with Crippen LogP contribution in [0.2, 0.25) is 0 Å². The molecule has 0 radical (unpaired) electrons. The minimum atomic E-state index is -1.24. The van der Waals surface area contributed by atoms with Crippen molar-refractivity contribution in [2.24, 2.45) is 4.99 Å². The van der Waals surface area contributed by atoms with E-state index in [1.54, 1.807) is 72.8 Å². The SMILES string of the molecule is O=S=C(c1ccccc1)C(C(=O)O)c1ccccc1NC(=O)c1cccc(NC2=NCCN2)c1. The first-order chi connectivity index (χ1) is 16.6. The van der Waals surface area contributed by atoms with Gasteiger partial charge in [-0.1, -0.05) is 54.6 Å². The van der Waals surface area contributed by atoms with Gasteiger partial charge in [-0.05, 0) is 35.4 Å². The van der Waals surface area contributed by atoms with E-state index in [0.717, 1.165) is 6.54 Å². The molecule has 1 aliphatic heterocycles. The van der Waals surface area contributed by atoms with Gasteiger partial charge in [0.05, 0.1) is 22.7 Å². The first-order valence-electron chi connectivity index (χ1n) is 10.6. The van der Waals surface area contributed by atoms with E-state index in [1.165, 1.54) is 0 Å². The highest BCUT2D eigenvalue weighted by molar-refractivity contribution is 7.67. The van der Waals surface area contributed by atoms with Gasteiger partial charge in [0.2, 0.25) is 0 Å². The van der Waals surface area contributed by atoms with Crippen molar-refractivity contribution in [3.8, 4) is 0 Å². The molecule has 0 aliphatic carbocycles. The van der Waals surface area contributed by atoms with Gasteiger partial charge < -0.3 is 21.1 Å². The molecule has 3 aromatic rings. The largest absolute Gasteiger partial charge is 0.481 e. The van der Waals surface area contributed by atoms with Crippen LogP contribution in [-0.2, 0) is 16.1 Å². The lowest BCUT2D eigenvalue weighted by molar-refractivity contribution is -0.137. The number of hydrogen-bond acceptors (Lipinski definition) is 6. The number of aliphatic imine (C=N–C) groups is 1. The van der Waals surface area contributed by atoms with E-state index >= 15 is 0 Å². The van der Waals surface area contributed by atoms with E-state index in [1.807, 2.05) is 6.07 Å². The second-order valence-corrected chi connectivity index (χ2v) is 8.10. The fourth-order valence-corrected chi connectivity index (χ4v) is 4.22. The van der Waals surface area contributed by atoms with E-state index in [2.05, 4.69) is 20.9 Å². The maximum Gasteiger partial charge on any atom is 0.316 e. The molecule has 0 aromatic heterocycles. The molecule has 9 heteroatoms. The summed E-state index contributed by atoms with van der Waals surface area (Å²) in [6.45, 7) is 1.45. The number of nitrogens with one attached hydrogen (secondary N) is 3. The lowest BCUT2D eigenvalue weighted by Gasteiger charge is -2.18. The van der Waals surface area contributed by atoms with Crippen molar-refractivity contribution in [1.82, 2.24) is 5.32 Å². The van der Waals surface area contributed by atoms with Crippen LogP contribution in [0.25, 0.3) is 0 Å². The fraction of sp³-hybridized carbons (Fsp3) is 0.120. The van der Waals surface area contributed by atoms with Crippen LogP contribution >= 0.6 is 0 Å². The van der Waals surface area contributed by atoms with Gasteiger partial charge in [0.25, 0.3) is 5.91 Å². The molecule has 1 unspecified atom stereocenters. The highest BCUT2D eigenvalue weighted by Gasteiger charge is 2.29. The average Bonchev–Trinajstić information content (AvgIpc) is 3.36. The Balaban J connectivity index is 1.62. The highest BCUT2D eigenvalue weighted by atomic mass is 32.1. The highest BCUT2D eigenvalue weighted by Crippen LogP contribution is 2.29. The Bertz CT molecular complexity index is 1300. The molecular weight excluding hydrogens is 452 g/mol. The third-order valence-corrected chi connectivity index (χ3v) is 5.89. The van der Waals surface area contributed by atoms with Crippen molar-refractivity contribution in [3.63, 3.8) is 0 Å². The second kappa shape index (κ2) is 10.6. The number of rotatable bonds is 7. The van der Waals surface area contributed by atoms with Gasteiger partial charge in [-0.25, -0.2) is 4.21 Å². The monoisotopic (exact) mass is 474 g/mol. The van der Waals surface area contributed by atoms with E-state index < -0.39 is 17.8 Å². The zero-order valence-corrected chi connectivity index (χ0v) is 18.8. The summed E-state index contributed by atoms with van der Waals surface area (Å²) >= 11 is 0.143. The molecular formula is C25H22N4O4S. The van der Waals surface area contributed by atoms with Crippen molar-refractivity contribution in [2.45, 2.75) is 5.92 Å². The number of benzene rings is 3. The second-order valence-electron chi connectivity index (χ2n) is 7.49. The van der Waals surface area contributed by atoms with Crippen molar-refractivity contribution >= 4 is 45.3 Å². The number of aliphatic carboxylic acids is 1. The van der Waals surface area contributed by atoms with Gasteiger partial charge in [0.1, 0.15) is 5.92 Å². The van der Waals surface area contributed by atoms with E-state index in [-0.39, 0.29) is 16.1 Å². The Labute approximate surface area is 199 Å². The number of guanidine groups is 1. The van der Waals surface area contributed by atoms with Gasteiger partial charge >= 0.3 is 5.97 Å². The third kappa shape index (κ3) is 5.21. The zero-order chi connectivity index (χ0) is 23.9. The average molecular weight is 475 g/mol. The minimum absolute atomic E-state index is 0.143. The Hall–Kier alpha value is -4.24. The van der Waals surface area contributed by atoms with Crippen molar-refractivity contribution in [3.05, 3.63) is 95.6 Å². The van der Waals surface area contributed by atoms with Crippen LogP contribution in [0.1, 0.15) is 27.4 Å². The molecule has 4 N–H and O–H groups in total. The summed E-state index contributed by atoms with van der Waals surface area (Å²) in [6, 6.07) is 22.2. The van der Waals surface area contributed by atoms with Crippen molar-refractivity contribution in [1.29, 1.82) is 0 Å². The van der Waals surface area contributed by atoms with Crippen LogP contribution in [0.4, 0.5) is 11.4 Å². The van der Waals surface area contributed by atoms with E-state index in [0.29, 0.717) is 40.6 Å². The molecule has 1 amide bonds. The molecule has 4 rings (SSSR count). The normalized spacial score (nSPS) is 13.2. The molecule has 0 spiro atoms. The number of carboxylic acid groups (broad SMARTS) is 1. The van der Waals surface area contributed by atoms with Gasteiger partial charge in [-0.2, -0.15) is 0 Å². The maximum atomic E-state index is 13.1. The molecule has 0 fully saturated rings. The van der Waals surface area contributed by atoms with Crippen LogP contribution in [0.3, 0.4) is 0 Å². The molecule has 0 saturated carbocycles. The molecule has 34 heavy (non-hydrogen) atoms. The number of carboxylic acids is 1. The molecule has 1 heterocycles. The Kier molecular flexibility index (Phi) is 7.14. The zero-order valence-electron chi connectivity index (χ0n) is 18.0. The number of carbonyl (C=O) groups excluding carboxylic acids is 1. The Morgan fingerprint density at radius 1 is 0.971 bits per heavy atom. The van der Waals surface area contributed by atoms with Gasteiger partial charge in [-0.3, -0.25) is 14.6 Å². The first-order valence-corrected chi connectivity index (χ1v) is 11.3. The van der Waals surface area contributed by atoms with Crippen LogP contribution in [0.5, 0.6) is 0 Å². The lowest BCUT2D eigenvalue weighted by atomic mass is 9.90. The van der Waals surface area contributed by atoms with Crippen LogP contribution in [0.15, 0.2) is 83.9 Å². The van der Waals surface area contributed by atoms with Gasteiger partial charge in [0, 0.05) is 23.5 Å². The molecule has 8 nitrogen and oxygen atoms in total. The quantitative estimate of drug-likeness (QED) is 0.309. The maximum absolute atomic E-state index is 13.1. The topological polar surface area (TPSA) is 120 Å². The summed E-state index contributed by atoms with van der Waals surface area (Å²) in [5.41, 5.74) is 2.25. The fourth-order valence-electron chi connectivity index (χ4n) is 3.67. The standard InChI is InChI=1S/C25H22N4O4S/c30-23(17-9-6-10-18(15-17)28-25-26-13-14-27-25)29-20-12-5-4-11-19(20)21(24(31)32)22(34-33)16-7-2-1-3-8-16/h1-12,15,21H,13-14H2,(H,29,30)(H,31,32)(H2,26,27,28). The van der Waals surface area contributed by atoms with Crippen LogP contribution in [0, 0.1) is 0 Å². The molecule has 0 saturated heterocycles. The van der Waals surface area contributed by atoms with Crippen LogP contribution in [-0.4, -0.2) is 45.1 Å². The van der Waals surface area contributed by atoms with E-state index in [9.17, 15) is 18.9 Å². The number of hydrogen-bond donors (Lipinski definition) is 4. The van der Waals surface area contributed by atoms with Gasteiger partial charge in [0.15, 0.2) is 5.96 Å². The van der Waals surface area contributed by atoms with E-state index in [4.69, 9.17) is 0 Å². The Morgan fingerprint density at radius 3 is 2.41 bits per heavy atom.